The molecule has 0 fully saturated rings. The van der Waals surface area contributed by atoms with Crippen LogP contribution < -0.4 is 0 Å². The van der Waals surface area contributed by atoms with Gasteiger partial charge in [-0.2, -0.15) is 0 Å². The molecule has 0 radical (unpaired) electrons. The van der Waals surface area contributed by atoms with E-state index in [1.807, 2.05) is 48.5 Å². The first-order chi connectivity index (χ1) is 9.61. The van der Waals surface area contributed by atoms with Crippen LogP contribution in [0.2, 0.25) is 5.02 Å². The maximum atomic E-state index is 9.84. The third-order valence-corrected chi connectivity index (χ3v) is 4.45. The van der Waals surface area contributed by atoms with Crippen LogP contribution in [0, 0.1) is 0 Å². The van der Waals surface area contributed by atoms with Crippen molar-refractivity contribution < 1.29 is 10.2 Å². The van der Waals surface area contributed by atoms with E-state index >= 15 is 0 Å². The zero-order valence-electron chi connectivity index (χ0n) is 10.9. The van der Waals surface area contributed by atoms with Crippen molar-refractivity contribution in [2.45, 2.75) is 11.8 Å². The van der Waals surface area contributed by atoms with E-state index < -0.39 is 5.41 Å². The van der Waals surface area contributed by atoms with Crippen LogP contribution in [0.1, 0.15) is 11.1 Å². The second-order valence-electron chi connectivity index (χ2n) is 4.87. The highest BCUT2D eigenvalue weighted by molar-refractivity contribution is 9.10. The molecule has 0 saturated carbocycles. The van der Waals surface area contributed by atoms with Crippen molar-refractivity contribution in [3.05, 3.63) is 69.2 Å². The van der Waals surface area contributed by atoms with E-state index in [2.05, 4.69) is 15.9 Å². The summed E-state index contributed by atoms with van der Waals surface area (Å²) in [4.78, 5) is 0. The Kier molecular flexibility index (Phi) is 5.22. The molecule has 0 unspecified atom stereocenters. The average molecular weight is 356 g/mol. The first-order valence-corrected chi connectivity index (χ1v) is 7.49. The molecule has 0 aliphatic rings. The normalized spacial score (nSPS) is 11.6. The Bertz CT molecular complexity index is 565. The largest absolute Gasteiger partial charge is 0.395 e. The molecule has 4 heteroatoms. The van der Waals surface area contributed by atoms with Crippen molar-refractivity contribution in [3.8, 4) is 0 Å². The topological polar surface area (TPSA) is 40.5 Å². The Labute approximate surface area is 132 Å². The second-order valence-corrected chi connectivity index (χ2v) is 6.19. The fraction of sp³-hybridized carbons (Fsp3) is 0.250. The predicted molar refractivity (Wildman–Crippen MR) is 85.1 cm³/mol. The molecule has 0 saturated heterocycles. The number of aliphatic hydroxyl groups excluding tert-OH is 2. The molecule has 0 aromatic heterocycles. The SMILES string of the molecule is OCC(CO)(Cc1ccccc1Cl)c1ccc(Br)cc1. The summed E-state index contributed by atoms with van der Waals surface area (Å²) in [6.07, 6.45) is 0.487. The van der Waals surface area contributed by atoms with Crippen LogP contribution >= 0.6 is 27.5 Å². The summed E-state index contributed by atoms with van der Waals surface area (Å²) in [5.41, 5.74) is 1.08. The molecule has 0 aliphatic carbocycles. The molecule has 0 atom stereocenters. The molecule has 0 amide bonds. The van der Waals surface area contributed by atoms with Gasteiger partial charge in [0, 0.05) is 14.9 Å². The van der Waals surface area contributed by atoms with Crippen molar-refractivity contribution >= 4 is 27.5 Å². The van der Waals surface area contributed by atoms with Crippen LogP contribution in [0.25, 0.3) is 0 Å². The summed E-state index contributed by atoms with van der Waals surface area (Å²) in [6, 6.07) is 15.1. The van der Waals surface area contributed by atoms with Gasteiger partial charge in [0.25, 0.3) is 0 Å². The number of hydrogen-bond acceptors (Lipinski definition) is 2. The third kappa shape index (κ3) is 3.23. The molecule has 20 heavy (non-hydrogen) atoms. The van der Waals surface area contributed by atoms with Gasteiger partial charge >= 0.3 is 0 Å². The summed E-state index contributed by atoms with van der Waals surface area (Å²) in [5, 5.41) is 20.3. The van der Waals surface area contributed by atoms with Gasteiger partial charge < -0.3 is 10.2 Å². The van der Waals surface area contributed by atoms with Gasteiger partial charge in [-0.15, -0.1) is 0 Å². The predicted octanol–water partition coefficient (Wildman–Crippen LogP) is 3.57. The quantitative estimate of drug-likeness (QED) is 0.861. The summed E-state index contributed by atoms with van der Waals surface area (Å²) in [7, 11) is 0. The molecule has 106 valence electrons. The second kappa shape index (κ2) is 6.72. The molecule has 2 rings (SSSR count). The van der Waals surface area contributed by atoms with Gasteiger partial charge in [-0.3, -0.25) is 0 Å². The van der Waals surface area contributed by atoms with Gasteiger partial charge in [0.1, 0.15) is 0 Å². The summed E-state index contributed by atoms with van der Waals surface area (Å²) in [5.74, 6) is 0. The molecule has 2 nitrogen and oxygen atoms in total. The van der Waals surface area contributed by atoms with Crippen molar-refractivity contribution in [1.29, 1.82) is 0 Å². The van der Waals surface area contributed by atoms with E-state index in [9.17, 15) is 10.2 Å². The van der Waals surface area contributed by atoms with Crippen molar-refractivity contribution in [2.24, 2.45) is 0 Å². The lowest BCUT2D eigenvalue weighted by atomic mass is 9.77. The summed E-state index contributed by atoms with van der Waals surface area (Å²) >= 11 is 9.57. The highest BCUT2D eigenvalue weighted by Crippen LogP contribution is 2.31. The molecule has 0 spiro atoms. The van der Waals surface area contributed by atoms with E-state index in [0.717, 1.165) is 15.6 Å². The fourth-order valence-electron chi connectivity index (χ4n) is 2.26. The van der Waals surface area contributed by atoms with Crippen LogP contribution in [-0.2, 0) is 11.8 Å². The van der Waals surface area contributed by atoms with Gasteiger partial charge in [0.15, 0.2) is 0 Å². The lowest BCUT2D eigenvalue weighted by Gasteiger charge is -2.31. The fourth-order valence-corrected chi connectivity index (χ4v) is 2.72. The maximum Gasteiger partial charge on any atom is 0.0553 e. The Hall–Kier alpha value is -0.870. The number of rotatable bonds is 5. The van der Waals surface area contributed by atoms with E-state index in [1.165, 1.54) is 0 Å². The Balaban J connectivity index is 2.39. The molecule has 0 aliphatic heterocycles. The average Bonchev–Trinajstić information content (AvgIpc) is 2.48. The molecule has 0 bridgehead atoms. The third-order valence-electron chi connectivity index (χ3n) is 3.55. The first kappa shape index (κ1) is 15.5. The molecule has 2 aromatic carbocycles. The minimum absolute atomic E-state index is 0.143. The lowest BCUT2D eigenvalue weighted by molar-refractivity contribution is 0.116. The maximum absolute atomic E-state index is 9.84. The monoisotopic (exact) mass is 354 g/mol. The van der Waals surface area contributed by atoms with Gasteiger partial charge in [-0.1, -0.05) is 57.9 Å². The Morgan fingerprint density at radius 1 is 0.950 bits per heavy atom. The van der Waals surface area contributed by atoms with Crippen LogP contribution in [-0.4, -0.2) is 23.4 Å². The minimum atomic E-state index is -0.730. The van der Waals surface area contributed by atoms with Gasteiger partial charge in [0.2, 0.25) is 0 Å². The number of benzene rings is 2. The van der Waals surface area contributed by atoms with Crippen LogP contribution in [0.5, 0.6) is 0 Å². The number of aliphatic hydroxyl groups is 2. The van der Waals surface area contributed by atoms with Crippen molar-refractivity contribution in [2.75, 3.05) is 13.2 Å². The summed E-state index contributed by atoms with van der Waals surface area (Å²) < 4.78 is 0.962. The van der Waals surface area contributed by atoms with E-state index in [1.54, 1.807) is 0 Å². The zero-order valence-corrected chi connectivity index (χ0v) is 13.2. The molecular weight excluding hydrogens is 340 g/mol. The molecule has 0 heterocycles. The van der Waals surface area contributed by atoms with Crippen LogP contribution in [0.15, 0.2) is 53.0 Å². The van der Waals surface area contributed by atoms with E-state index in [4.69, 9.17) is 11.6 Å². The van der Waals surface area contributed by atoms with Crippen LogP contribution in [0.4, 0.5) is 0 Å². The van der Waals surface area contributed by atoms with Crippen molar-refractivity contribution in [3.63, 3.8) is 0 Å². The standard InChI is InChI=1S/C16H16BrClO2/c17-14-7-5-13(6-8-14)16(10-19,11-20)9-12-3-1-2-4-15(12)18/h1-8,19-20H,9-11H2. The number of hydrogen-bond donors (Lipinski definition) is 2. The van der Waals surface area contributed by atoms with Crippen molar-refractivity contribution in [1.82, 2.24) is 0 Å². The van der Waals surface area contributed by atoms with E-state index in [0.29, 0.717) is 11.4 Å². The van der Waals surface area contributed by atoms with Crippen LogP contribution in [0.3, 0.4) is 0 Å². The van der Waals surface area contributed by atoms with Gasteiger partial charge in [0.05, 0.1) is 13.2 Å². The number of halogens is 2. The Morgan fingerprint density at radius 3 is 2.10 bits per heavy atom. The zero-order chi connectivity index (χ0) is 14.6. The van der Waals surface area contributed by atoms with Gasteiger partial charge in [-0.25, -0.2) is 0 Å². The van der Waals surface area contributed by atoms with E-state index in [-0.39, 0.29) is 13.2 Å². The summed E-state index contributed by atoms with van der Waals surface area (Å²) in [6.45, 7) is -0.285. The minimum Gasteiger partial charge on any atom is -0.395 e. The molecule has 2 N–H and O–H groups in total. The Morgan fingerprint density at radius 2 is 1.55 bits per heavy atom. The first-order valence-electron chi connectivity index (χ1n) is 6.32. The lowest BCUT2D eigenvalue weighted by Crippen LogP contribution is -2.37. The smallest absolute Gasteiger partial charge is 0.0553 e. The molecular formula is C16H16BrClO2. The highest BCUT2D eigenvalue weighted by atomic mass is 79.9. The highest BCUT2D eigenvalue weighted by Gasteiger charge is 2.32. The van der Waals surface area contributed by atoms with Gasteiger partial charge in [-0.05, 0) is 35.7 Å². The molecule has 2 aromatic rings.